The number of hydrogen-bond acceptors (Lipinski definition) is 4. The van der Waals surface area contributed by atoms with Crippen LogP contribution >= 0.6 is 11.6 Å². The van der Waals surface area contributed by atoms with Crippen LogP contribution in [0.4, 0.5) is 5.69 Å². The highest BCUT2D eigenvalue weighted by Gasteiger charge is 2.24. The fourth-order valence-electron chi connectivity index (χ4n) is 2.48. The largest absolute Gasteiger partial charge is 0.452 e. The minimum atomic E-state index is -0.609. The molecule has 0 spiro atoms. The van der Waals surface area contributed by atoms with Crippen LogP contribution in [0.1, 0.15) is 36.5 Å². The Labute approximate surface area is 129 Å². The number of nitrogens with two attached hydrogens (primary N) is 1. The Balaban J connectivity index is 1.92. The van der Waals surface area contributed by atoms with E-state index >= 15 is 0 Å². The number of carbonyl (C=O) groups excluding carboxylic acids is 2. The molecule has 0 saturated carbocycles. The number of likely N-dealkylation sites (tertiary alicyclic amines) is 1. The molecular weight excluding hydrogens is 292 g/mol. The van der Waals surface area contributed by atoms with Crippen molar-refractivity contribution in [1.29, 1.82) is 0 Å². The zero-order chi connectivity index (χ0) is 15.4. The third kappa shape index (κ3) is 3.88. The lowest BCUT2D eigenvalue weighted by Gasteiger charge is -2.33. The molecule has 1 aromatic carbocycles. The first kappa shape index (κ1) is 15.6. The van der Waals surface area contributed by atoms with E-state index in [1.54, 1.807) is 11.0 Å². The summed E-state index contributed by atoms with van der Waals surface area (Å²) < 4.78 is 5.06. The fraction of sp³-hybridized carbons (Fsp3) is 0.467. The summed E-state index contributed by atoms with van der Waals surface area (Å²) in [7, 11) is 0. The summed E-state index contributed by atoms with van der Waals surface area (Å²) in [6.45, 7) is 2.47. The lowest BCUT2D eigenvalue weighted by atomic mass is 10.0. The van der Waals surface area contributed by atoms with Crippen LogP contribution in [0.25, 0.3) is 0 Å². The fourth-order valence-corrected chi connectivity index (χ4v) is 2.66. The van der Waals surface area contributed by atoms with Crippen LogP contribution < -0.4 is 5.73 Å². The quantitative estimate of drug-likeness (QED) is 0.687. The number of carbonyl (C=O) groups is 2. The van der Waals surface area contributed by atoms with E-state index in [1.807, 2.05) is 6.92 Å². The molecule has 1 aliphatic rings. The molecule has 114 valence electrons. The van der Waals surface area contributed by atoms with Gasteiger partial charge in [-0.15, -0.1) is 0 Å². The number of esters is 1. The zero-order valence-corrected chi connectivity index (χ0v) is 12.7. The number of piperidine rings is 1. The average molecular weight is 311 g/mol. The van der Waals surface area contributed by atoms with Crippen molar-refractivity contribution in [1.82, 2.24) is 4.90 Å². The van der Waals surface area contributed by atoms with Crippen LogP contribution in [-0.4, -0.2) is 36.0 Å². The van der Waals surface area contributed by atoms with Gasteiger partial charge in [-0.2, -0.15) is 0 Å². The molecule has 1 aliphatic heterocycles. The van der Waals surface area contributed by atoms with Crippen molar-refractivity contribution in [3.8, 4) is 0 Å². The van der Waals surface area contributed by atoms with Gasteiger partial charge in [-0.25, -0.2) is 4.79 Å². The maximum absolute atomic E-state index is 12.1. The van der Waals surface area contributed by atoms with Gasteiger partial charge in [-0.05, 0) is 44.4 Å². The maximum atomic E-state index is 12.1. The van der Waals surface area contributed by atoms with E-state index < -0.39 is 5.97 Å². The van der Waals surface area contributed by atoms with Crippen molar-refractivity contribution in [2.45, 2.75) is 32.2 Å². The van der Waals surface area contributed by atoms with E-state index in [0.29, 0.717) is 5.02 Å². The highest BCUT2D eigenvalue weighted by Crippen LogP contribution is 2.19. The first-order valence-corrected chi connectivity index (χ1v) is 7.38. The van der Waals surface area contributed by atoms with Crippen molar-refractivity contribution in [3.63, 3.8) is 0 Å². The summed E-state index contributed by atoms with van der Waals surface area (Å²) in [5.74, 6) is -0.773. The predicted molar refractivity (Wildman–Crippen MR) is 81.2 cm³/mol. The second-order valence-corrected chi connectivity index (χ2v) is 5.68. The van der Waals surface area contributed by atoms with Crippen LogP contribution in [0.2, 0.25) is 5.02 Å². The van der Waals surface area contributed by atoms with Gasteiger partial charge in [-0.1, -0.05) is 11.6 Å². The van der Waals surface area contributed by atoms with E-state index in [4.69, 9.17) is 22.1 Å². The normalized spacial score (nSPS) is 18.4. The number of halogens is 1. The molecular formula is C15H19ClN2O3. The smallest absolute Gasteiger partial charge is 0.340 e. The van der Waals surface area contributed by atoms with E-state index in [-0.39, 0.29) is 29.8 Å². The number of ether oxygens (including phenoxy) is 1. The maximum Gasteiger partial charge on any atom is 0.340 e. The SMILES string of the molecule is C[C@@H]1CCCCN1C(=O)COC(=O)c1ccc(Cl)cc1N. The van der Waals surface area contributed by atoms with Crippen LogP contribution in [0, 0.1) is 0 Å². The number of nitrogen functional groups attached to an aromatic ring is 1. The molecule has 2 N–H and O–H groups in total. The number of anilines is 1. The van der Waals surface area contributed by atoms with Crippen LogP contribution in [-0.2, 0) is 9.53 Å². The van der Waals surface area contributed by atoms with Gasteiger partial charge in [0.15, 0.2) is 6.61 Å². The van der Waals surface area contributed by atoms with Gasteiger partial charge in [0.1, 0.15) is 0 Å². The van der Waals surface area contributed by atoms with Crippen LogP contribution in [0.3, 0.4) is 0 Å². The summed E-state index contributed by atoms with van der Waals surface area (Å²) >= 11 is 5.77. The Bertz CT molecular complexity index is 548. The Morgan fingerprint density at radius 3 is 2.86 bits per heavy atom. The summed E-state index contributed by atoms with van der Waals surface area (Å²) in [6.07, 6.45) is 3.12. The summed E-state index contributed by atoms with van der Waals surface area (Å²) in [5.41, 5.74) is 6.18. The van der Waals surface area contributed by atoms with Gasteiger partial charge in [0.25, 0.3) is 5.91 Å². The third-order valence-corrected chi connectivity index (χ3v) is 3.92. The van der Waals surface area contributed by atoms with Gasteiger partial charge in [-0.3, -0.25) is 4.79 Å². The van der Waals surface area contributed by atoms with E-state index in [2.05, 4.69) is 0 Å². The molecule has 0 aromatic heterocycles. The van der Waals surface area contributed by atoms with Gasteiger partial charge >= 0.3 is 5.97 Å². The predicted octanol–water partition coefficient (Wildman–Crippen LogP) is 2.48. The second-order valence-electron chi connectivity index (χ2n) is 5.24. The molecule has 1 saturated heterocycles. The molecule has 0 bridgehead atoms. The highest BCUT2D eigenvalue weighted by molar-refractivity contribution is 6.31. The Hall–Kier alpha value is -1.75. The molecule has 1 aromatic rings. The summed E-state index contributed by atoms with van der Waals surface area (Å²) in [4.78, 5) is 25.8. The first-order chi connectivity index (χ1) is 9.99. The van der Waals surface area contributed by atoms with Gasteiger partial charge < -0.3 is 15.4 Å². The summed E-state index contributed by atoms with van der Waals surface area (Å²) in [6, 6.07) is 4.73. The summed E-state index contributed by atoms with van der Waals surface area (Å²) in [5, 5.41) is 0.447. The van der Waals surface area contributed by atoms with Gasteiger partial charge in [0.2, 0.25) is 0 Å². The standard InChI is InChI=1S/C15H19ClN2O3/c1-10-4-2-3-7-18(10)14(19)9-21-15(20)12-6-5-11(16)8-13(12)17/h5-6,8,10H,2-4,7,9,17H2,1H3/t10-/m1/s1. The number of amides is 1. The molecule has 2 rings (SSSR count). The molecule has 5 nitrogen and oxygen atoms in total. The molecule has 1 atom stereocenters. The first-order valence-electron chi connectivity index (χ1n) is 7.00. The number of rotatable bonds is 3. The third-order valence-electron chi connectivity index (χ3n) is 3.68. The molecule has 1 heterocycles. The number of hydrogen-bond donors (Lipinski definition) is 1. The highest BCUT2D eigenvalue weighted by atomic mass is 35.5. The van der Waals surface area contributed by atoms with E-state index in [9.17, 15) is 9.59 Å². The monoisotopic (exact) mass is 310 g/mol. The topological polar surface area (TPSA) is 72.6 Å². The Morgan fingerprint density at radius 1 is 1.43 bits per heavy atom. The lowest BCUT2D eigenvalue weighted by Crippen LogP contribution is -2.44. The molecule has 21 heavy (non-hydrogen) atoms. The molecule has 0 aliphatic carbocycles. The second kappa shape index (κ2) is 6.80. The molecule has 1 amide bonds. The van der Waals surface area contributed by atoms with Crippen molar-refractivity contribution in [3.05, 3.63) is 28.8 Å². The van der Waals surface area contributed by atoms with Crippen molar-refractivity contribution >= 4 is 29.2 Å². The van der Waals surface area contributed by atoms with E-state index in [0.717, 1.165) is 25.8 Å². The minimum absolute atomic E-state index is 0.164. The van der Waals surface area contributed by atoms with Crippen molar-refractivity contribution in [2.24, 2.45) is 0 Å². The molecule has 0 unspecified atom stereocenters. The number of nitrogens with zero attached hydrogens (tertiary/aromatic N) is 1. The van der Waals surface area contributed by atoms with Crippen LogP contribution in [0.15, 0.2) is 18.2 Å². The number of benzene rings is 1. The average Bonchev–Trinajstić information content (AvgIpc) is 2.45. The lowest BCUT2D eigenvalue weighted by molar-refractivity contribution is -0.137. The Morgan fingerprint density at radius 2 is 2.19 bits per heavy atom. The van der Waals surface area contributed by atoms with Gasteiger partial charge in [0, 0.05) is 23.3 Å². The molecule has 6 heteroatoms. The van der Waals surface area contributed by atoms with Crippen LogP contribution in [0.5, 0.6) is 0 Å². The minimum Gasteiger partial charge on any atom is -0.452 e. The van der Waals surface area contributed by atoms with Gasteiger partial charge in [0.05, 0.1) is 5.56 Å². The Kier molecular flexibility index (Phi) is 5.07. The molecule has 1 fully saturated rings. The molecule has 0 radical (unpaired) electrons. The zero-order valence-electron chi connectivity index (χ0n) is 12.0. The van der Waals surface area contributed by atoms with Crippen molar-refractivity contribution < 1.29 is 14.3 Å². The van der Waals surface area contributed by atoms with Crippen molar-refractivity contribution in [2.75, 3.05) is 18.9 Å². The van der Waals surface area contributed by atoms with E-state index in [1.165, 1.54) is 12.1 Å².